The maximum atomic E-state index is 9.17. The van der Waals surface area contributed by atoms with Crippen molar-refractivity contribution in [2.75, 3.05) is 24.2 Å². The van der Waals surface area contributed by atoms with E-state index in [9.17, 15) is 0 Å². The van der Waals surface area contributed by atoms with Crippen LogP contribution in [0.2, 0.25) is 0 Å². The zero-order valence-electron chi connectivity index (χ0n) is 10.8. The number of hydrogen-bond acceptors (Lipinski definition) is 5. The molecule has 1 unspecified atom stereocenters. The van der Waals surface area contributed by atoms with Crippen molar-refractivity contribution in [3.05, 3.63) is 11.9 Å². The van der Waals surface area contributed by atoms with Gasteiger partial charge in [-0.15, -0.1) is 0 Å². The van der Waals surface area contributed by atoms with Crippen LogP contribution in [0.4, 0.5) is 11.6 Å². The second-order valence-electron chi connectivity index (χ2n) is 4.07. The van der Waals surface area contributed by atoms with Crippen molar-refractivity contribution >= 4 is 11.6 Å². The Labute approximate surface area is 103 Å². The smallest absolute Gasteiger partial charge is 0.134 e. The molecule has 0 aliphatic carbocycles. The highest BCUT2D eigenvalue weighted by molar-refractivity contribution is 5.56. The van der Waals surface area contributed by atoms with Crippen LogP contribution in [0, 0.1) is 0 Å². The number of rotatable bonds is 7. The van der Waals surface area contributed by atoms with E-state index >= 15 is 0 Å². The summed E-state index contributed by atoms with van der Waals surface area (Å²) in [4.78, 5) is 8.43. The van der Waals surface area contributed by atoms with Crippen LogP contribution in [0.15, 0.2) is 6.33 Å². The molecule has 96 valence electrons. The van der Waals surface area contributed by atoms with E-state index in [1.54, 1.807) is 13.3 Å². The molecular weight excluding hydrogens is 216 g/mol. The fourth-order valence-electron chi connectivity index (χ4n) is 1.72. The van der Waals surface area contributed by atoms with Gasteiger partial charge in [0.2, 0.25) is 0 Å². The van der Waals surface area contributed by atoms with Crippen LogP contribution in [0.25, 0.3) is 0 Å². The molecule has 0 amide bonds. The lowest BCUT2D eigenvalue weighted by Gasteiger charge is -2.13. The molecule has 5 nitrogen and oxygen atoms in total. The first-order chi connectivity index (χ1) is 8.19. The van der Waals surface area contributed by atoms with Crippen molar-refractivity contribution in [3.63, 3.8) is 0 Å². The summed E-state index contributed by atoms with van der Waals surface area (Å²) < 4.78 is 0. The first-order valence-electron chi connectivity index (χ1n) is 6.12. The largest absolute Gasteiger partial charge is 0.393 e. The predicted octanol–water partition coefficient (Wildman–Crippen LogP) is 1.65. The van der Waals surface area contributed by atoms with Gasteiger partial charge in [-0.3, -0.25) is 0 Å². The van der Waals surface area contributed by atoms with E-state index in [-0.39, 0.29) is 6.10 Å². The number of nitrogens with one attached hydrogen (secondary N) is 2. The van der Waals surface area contributed by atoms with Crippen molar-refractivity contribution in [1.29, 1.82) is 0 Å². The van der Waals surface area contributed by atoms with E-state index in [0.29, 0.717) is 0 Å². The summed E-state index contributed by atoms with van der Waals surface area (Å²) in [5.41, 5.74) is 1.10. The highest BCUT2D eigenvalue weighted by Crippen LogP contribution is 2.19. The maximum absolute atomic E-state index is 9.17. The van der Waals surface area contributed by atoms with Gasteiger partial charge in [0, 0.05) is 19.2 Å². The van der Waals surface area contributed by atoms with Gasteiger partial charge in [0.15, 0.2) is 0 Å². The average Bonchev–Trinajstić information content (AvgIpc) is 2.33. The number of anilines is 2. The van der Waals surface area contributed by atoms with E-state index in [0.717, 1.165) is 43.0 Å². The first-order valence-corrected chi connectivity index (χ1v) is 6.12. The molecule has 0 saturated carbocycles. The van der Waals surface area contributed by atoms with Gasteiger partial charge in [-0.2, -0.15) is 0 Å². The van der Waals surface area contributed by atoms with Crippen LogP contribution < -0.4 is 10.6 Å². The van der Waals surface area contributed by atoms with Gasteiger partial charge in [-0.25, -0.2) is 9.97 Å². The minimum atomic E-state index is -0.235. The minimum absolute atomic E-state index is 0.235. The number of nitrogens with zero attached hydrogens (tertiary/aromatic N) is 2. The normalized spacial score (nSPS) is 12.2. The topological polar surface area (TPSA) is 70.1 Å². The van der Waals surface area contributed by atoms with Gasteiger partial charge in [0.05, 0.1) is 6.10 Å². The van der Waals surface area contributed by atoms with E-state index in [1.165, 1.54) is 0 Å². The molecule has 1 aromatic rings. The zero-order chi connectivity index (χ0) is 12.7. The molecule has 1 rings (SSSR count). The molecule has 0 fully saturated rings. The standard InChI is InChI=1S/C12H22N4O/c1-4-10-11(13-3)15-8-16-12(10)14-7-5-6-9(2)17/h8-9,17H,4-7H2,1-3H3,(H2,13,14,15,16). The summed E-state index contributed by atoms with van der Waals surface area (Å²) in [6, 6.07) is 0. The number of hydrogen-bond donors (Lipinski definition) is 3. The molecule has 17 heavy (non-hydrogen) atoms. The number of aliphatic hydroxyl groups excluding tert-OH is 1. The Hall–Kier alpha value is -1.36. The van der Waals surface area contributed by atoms with Crippen molar-refractivity contribution in [2.45, 2.75) is 39.2 Å². The monoisotopic (exact) mass is 238 g/mol. The maximum Gasteiger partial charge on any atom is 0.134 e. The molecule has 0 aliphatic rings. The molecule has 1 atom stereocenters. The molecular formula is C12H22N4O. The van der Waals surface area contributed by atoms with Crippen LogP contribution in [0.3, 0.4) is 0 Å². The highest BCUT2D eigenvalue weighted by Gasteiger charge is 2.07. The molecule has 5 heteroatoms. The third kappa shape index (κ3) is 4.19. The third-order valence-corrected chi connectivity index (χ3v) is 2.63. The molecule has 0 aliphatic heterocycles. The van der Waals surface area contributed by atoms with Crippen molar-refractivity contribution in [2.24, 2.45) is 0 Å². The molecule has 0 radical (unpaired) electrons. The Morgan fingerprint density at radius 2 is 2.06 bits per heavy atom. The zero-order valence-corrected chi connectivity index (χ0v) is 10.8. The summed E-state index contributed by atoms with van der Waals surface area (Å²) in [6.45, 7) is 4.71. The van der Waals surface area contributed by atoms with E-state index < -0.39 is 0 Å². The third-order valence-electron chi connectivity index (χ3n) is 2.63. The van der Waals surface area contributed by atoms with E-state index in [1.807, 2.05) is 7.05 Å². The summed E-state index contributed by atoms with van der Waals surface area (Å²) in [6.07, 6.45) is 3.94. The fraction of sp³-hybridized carbons (Fsp3) is 0.667. The summed E-state index contributed by atoms with van der Waals surface area (Å²) in [5.74, 6) is 1.76. The van der Waals surface area contributed by atoms with Gasteiger partial charge in [-0.1, -0.05) is 6.92 Å². The second kappa shape index (κ2) is 7.06. The lowest BCUT2D eigenvalue weighted by molar-refractivity contribution is 0.183. The molecule has 3 N–H and O–H groups in total. The Morgan fingerprint density at radius 1 is 1.35 bits per heavy atom. The molecule has 1 aromatic heterocycles. The van der Waals surface area contributed by atoms with E-state index in [4.69, 9.17) is 5.11 Å². The Bertz CT molecular complexity index is 341. The van der Waals surface area contributed by atoms with Gasteiger partial charge in [0.25, 0.3) is 0 Å². The van der Waals surface area contributed by atoms with Crippen LogP contribution in [0.5, 0.6) is 0 Å². The van der Waals surface area contributed by atoms with Gasteiger partial charge in [-0.05, 0) is 26.2 Å². The van der Waals surface area contributed by atoms with Crippen LogP contribution in [0.1, 0.15) is 32.3 Å². The van der Waals surface area contributed by atoms with Crippen LogP contribution in [-0.4, -0.2) is 34.8 Å². The van der Waals surface area contributed by atoms with Gasteiger partial charge >= 0.3 is 0 Å². The quantitative estimate of drug-likeness (QED) is 0.630. The second-order valence-corrected chi connectivity index (χ2v) is 4.07. The molecule has 1 heterocycles. The summed E-state index contributed by atoms with van der Waals surface area (Å²) >= 11 is 0. The lowest BCUT2D eigenvalue weighted by Crippen LogP contribution is -2.11. The van der Waals surface area contributed by atoms with Crippen LogP contribution >= 0.6 is 0 Å². The first kappa shape index (κ1) is 13.7. The summed E-state index contributed by atoms with van der Waals surface area (Å²) in [7, 11) is 1.86. The fourth-order valence-corrected chi connectivity index (χ4v) is 1.72. The van der Waals surface area contributed by atoms with Crippen LogP contribution in [-0.2, 0) is 6.42 Å². The predicted molar refractivity (Wildman–Crippen MR) is 70.4 cm³/mol. The highest BCUT2D eigenvalue weighted by atomic mass is 16.3. The molecule has 0 spiro atoms. The molecule has 0 aromatic carbocycles. The van der Waals surface area contributed by atoms with Gasteiger partial charge < -0.3 is 15.7 Å². The average molecular weight is 238 g/mol. The number of aromatic nitrogens is 2. The SMILES string of the molecule is CCc1c(NC)ncnc1NCCCC(C)O. The van der Waals surface area contributed by atoms with Crippen molar-refractivity contribution in [3.8, 4) is 0 Å². The Morgan fingerprint density at radius 3 is 2.65 bits per heavy atom. The Kier molecular flexibility index (Phi) is 5.69. The van der Waals surface area contributed by atoms with E-state index in [2.05, 4.69) is 27.5 Å². The Balaban J connectivity index is 2.58. The van der Waals surface area contributed by atoms with Crippen molar-refractivity contribution in [1.82, 2.24) is 9.97 Å². The molecule has 0 saturated heterocycles. The number of aliphatic hydroxyl groups is 1. The summed E-state index contributed by atoms with van der Waals surface area (Å²) in [5, 5.41) is 15.5. The minimum Gasteiger partial charge on any atom is -0.393 e. The lowest BCUT2D eigenvalue weighted by atomic mass is 10.2. The van der Waals surface area contributed by atoms with Gasteiger partial charge in [0.1, 0.15) is 18.0 Å². The molecule has 0 bridgehead atoms. The van der Waals surface area contributed by atoms with Crippen molar-refractivity contribution < 1.29 is 5.11 Å².